The van der Waals surface area contributed by atoms with Gasteiger partial charge in [0.2, 0.25) is 5.91 Å². The minimum Gasteiger partial charge on any atom is -0.379 e. The van der Waals surface area contributed by atoms with E-state index >= 15 is 0 Å². The first-order chi connectivity index (χ1) is 13.7. The van der Waals surface area contributed by atoms with Gasteiger partial charge < -0.3 is 25.4 Å². The van der Waals surface area contributed by atoms with Crippen molar-refractivity contribution in [1.29, 1.82) is 0 Å². The maximum absolute atomic E-state index is 11.7. The third-order valence-corrected chi connectivity index (χ3v) is 4.46. The van der Waals surface area contributed by atoms with Gasteiger partial charge in [-0.1, -0.05) is 19.1 Å². The largest absolute Gasteiger partial charge is 0.379 e. The molecule has 1 heterocycles. The lowest BCUT2D eigenvalue weighted by atomic mass is 10.2. The van der Waals surface area contributed by atoms with E-state index in [-0.39, 0.29) is 36.0 Å². The number of halogens is 1. The Labute approximate surface area is 191 Å². The number of hydrogen-bond acceptors (Lipinski definition) is 4. The highest BCUT2D eigenvalue weighted by molar-refractivity contribution is 14.0. The standard InChI is InChI=1S/C21H34N4O3.HI/c1-3-7-20(26)25-18-9-4-8-17(14-18)15-24-21(22-2)23-11-6-12-27-16-19-10-5-13-28-19;/h4,8-9,14,19H,3,5-7,10-13,15-16H2,1-2H3,(H,25,26)(H2,22,23,24);1H. The fourth-order valence-corrected chi connectivity index (χ4v) is 2.99. The topological polar surface area (TPSA) is 84.0 Å². The van der Waals surface area contributed by atoms with Gasteiger partial charge in [0.25, 0.3) is 0 Å². The van der Waals surface area contributed by atoms with Gasteiger partial charge in [-0.25, -0.2) is 0 Å². The molecular formula is C21H35IN4O3. The molecule has 1 atom stereocenters. The normalized spacial score (nSPS) is 16.2. The molecule has 0 aromatic heterocycles. The molecule has 1 fully saturated rings. The number of aliphatic imine (C=N–C) groups is 1. The van der Waals surface area contributed by atoms with Crippen molar-refractivity contribution < 1.29 is 14.3 Å². The van der Waals surface area contributed by atoms with Gasteiger partial charge in [0, 0.05) is 45.5 Å². The van der Waals surface area contributed by atoms with E-state index in [1.807, 2.05) is 31.2 Å². The predicted octanol–water partition coefficient (Wildman–Crippen LogP) is 3.29. The third-order valence-electron chi connectivity index (χ3n) is 4.46. The van der Waals surface area contributed by atoms with Gasteiger partial charge in [-0.2, -0.15) is 0 Å². The Kier molecular flexibility index (Phi) is 13.7. The summed E-state index contributed by atoms with van der Waals surface area (Å²) in [5.41, 5.74) is 1.90. The number of ether oxygens (including phenoxy) is 2. The molecule has 3 N–H and O–H groups in total. The number of nitrogens with zero attached hydrogens (tertiary/aromatic N) is 1. The first kappa shape index (κ1) is 25.6. The highest BCUT2D eigenvalue weighted by Gasteiger charge is 2.14. The quantitative estimate of drug-likeness (QED) is 0.181. The van der Waals surface area contributed by atoms with Crippen LogP contribution in [0.15, 0.2) is 29.3 Å². The molecule has 1 aromatic rings. The van der Waals surface area contributed by atoms with E-state index in [0.717, 1.165) is 56.0 Å². The van der Waals surface area contributed by atoms with E-state index in [4.69, 9.17) is 9.47 Å². The van der Waals surface area contributed by atoms with Gasteiger partial charge in [-0.05, 0) is 43.4 Å². The van der Waals surface area contributed by atoms with Crippen LogP contribution in [0.1, 0.15) is 44.6 Å². The van der Waals surface area contributed by atoms with Gasteiger partial charge in [0.15, 0.2) is 5.96 Å². The molecule has 0 bridgehead atoms. The van der Waals surface area contributed by atoms with Gasteiger partial charge in [-0.15, -0.1) is 24.0 Å². The van der Waals surface area contributed by atoms with Gasteiger partial charge in [0.05, 0.1) is 12.7 Å². The molecule has 2 rings (SSSR count). The molecule has 1 saturated heterocycles. The molecule has 0 saturated carbocycles. The van der Waals surface area contributed by atoms with Crippen LogP contribution < -0.4 is 16.0 Å². The van der Waals surface area contributed by atoms with E-state index in [2.05, 4.69) is 20.9 Å². The molecule has 29 heavy (non-hydrogen) atoms. The lowest BCUT2D eigenvalue weighted by Gasteiger charge is -2.13. The molecule has 1 unspecified atom stereocenters. The Morgan fingerprint density at radius 2 is 2.21 bits per heavy atom. The van der Waals surface area contributed by atoms with E-state index in [0.29, 0.717) is 26.2 Å². The lowest BCUT2D eigenvalue weighted by molar-refractivity contribution is -0.116. The molecule has 0 radical (unpaired) electrons. The first-order valence-corrected chi connectivity index (χ1v) is 10.2. The Morgan fingerprint density at radius 3 is 2.93 bits per heavy atom. The third kappa shape index (κ3) is 10.8. The van der Waals surface area contributed by atoms with Crippen molar-refractivity contribution in [3.05, 3.63) is 29.8 Å². The summed E-state index contributed by atoms with van der Waals surface area (Å²) in [5.74, 6) is 0.798. The molecule has 164 valence electrons. The highest BCUT2D eigenvalue weighted by Crippen LogP contribution is 2.12. The summed E-state index contributed by atoms with van der Waals surface area (Å²) in [6, 6.07) is 7.85. The molecular weight excluding hydrogens is 483 g/mol. The number of benzene rings is 1. The van der Waals surface area contributed by atoms with E-state index < -0.39 is 0 Å². The zero-order chi connectivity index (χ0) is 20.0. The van der Waals surface area contributed by atoms with Crippen LogP contribution in [0.3, 0.4) is 0 Å². The predicted molar refractivity (Wildman–Crippen MR) is 128 cm³/mol. The second-order valence-corrected chi connectivity index (χ2v) is 6.91. The molecule has 0 aliphatic carbocycles. The van der Waals surface area contributed by atoms with Crippen LogP contribution in [-0.4, -0.2) is 51.4 Å². The van der Waals surface area contributed by atoms with Crippen LogP contribution in [0.5, 0.6) is 0 Å². The molecule has 1 amide bonds. The van der Waals surface area contributed by atoms with Gasteiger partial charge in [-0.3, -0.25) is 9.79 Å². The van der Waals surface area contributed by atoms with Crippen molar-refractivity contribution >= 4 is 41.5 Å². The Balaban J connectivity index is 0.00000420. The zero-order valence-electron chi connectivity index (χ0n) is 17.5. The molecule has 1 aliphatic heterocycles. The second-order valence-electron chi connectivity index (χ2n) is 6.91. The van der Waals surface area contributed by atoms with E-state index in [9.17, 15) is 4.79 Å². The fraction of sp³-hybridized carbons (Fsp3) is 0.619. The number of hydrogen-bond donors (Lipinski definition) is 3. The zero-order valence-corrected chi connectivity index (χ0v) is 19.9. The van der Waals surface area contributed by atoms with E-state index in [1.54, 1.807) is 7.05 Å². The number of anilines is 1. The minimum atomic E-state index is 0. The van der Waals surface area contributed by atoms with Crippen molar-refractivity contribution in [2.24, 2.45) is 4.99 Å². The number of rotatable bonds is 11. The highest BCUT2D eigenvalue weighted by atomic mass is 127. The average molecular weight is 518 g/mol. The van der Waals surface area contributed by atoms with Crippen LogP contribution in [0, 0.1) is 0 Å². The van der Waals surface area contributed by atoms with Crippen molar-refractivity contribution in [3.8, 4) is 0 Å². The second kappa shape index (κ2) is 15.4. The first-order valence-electron chi connectivity index (χ1n) is 10.2. The van der Waals surface area contributed by atoms with Crippen molar-refractivity contribution in [2.45, 2.75) is 51.7 Å². The average Bonchev–Trinajstić information content (AvgIpc) is 3.21. The molecule has 8 heteroatoms. The summed E-state index contributed by atoms with van der Waals surface area (Å²) >= 11 is 0. The maximum atomic E-state index is 11.7. The summed E-state index contributed by atoms with van der Waals surface area (Å²) in [4.78, 5) is 16.0. The van der Waals surface area contributed by atoms with Crippen LogP contribution in [0.25, 0.3) is 0 Å². The minimum absolute atomic E-state index is 0. The molecule has 0 spiro atoms. The fourth-order valence-electron chi connectivity index (χ4n) is 2.99. The Hall–Kier alpha value is -1.39. The van der Waals surface area contributed by atoms with Crippen LogP contribution >= 0.6 is 24.0 Å². The Morgan fingerprint density at radius 1 is 1.34 bits per heavy atom. The lowest BCUT2D eigenvalue weighted by Crippen LogP contribution is -2.37. The van der Waals surface area contributed by atoms with Crippen LogP contribution in [0.2, 0.25) is 0 Å². The Bertz CT molecular complexity index is 622. The summed E-state index contributed by atoms with van der Waals surface area (Å²) < 4.78 is 11.2. The van der Waals surface area contributed by atoms with Crippen molar-refractivity contribution in [3.63, 3.8) is 0 Å². The van der Waals surface area contributed by atoms with E-state index in [1.165, 1.54) is 0 Å². The van der Waals surface area contributed by atoms with Crippen LogP contribution in [-0.2, 0) is 20.8 Å². The summed E-state index contributed by atoms with van der Waals surface area (Å²) in [7, 11) is 1.75. The number of guanidine groups is 1. The number of carbonyl (C=O) groups excluding carboxylic acids is 1. The van der Waals surface area contributed by atoms with Crippen molar-refractivity contribution in [2.75, 3.05) is 38.7 Å². The summed E-state index contributed by atoms with van der Waals surface area (Å²) in [6.07, 6.45) is 4.83. The number of amides is 1. The monoisotopic (exact) mass is 518 g/mol. The molecule has 1 aliphatic rings. The maximum Gasteiger partial charge on any atom is 0.224 e. The molecule has 1 aromatic carbocycles. The molecule has 7 nitrogen and oxygen atoms in total. The summed E-state index contributed by atoms with van der Waals surface area (Å²) in [5, 5.41) is 9.51. The van der Waals surface area contributed by atoms with Gasteiger partial charge >= 0.3 is 0 Å². The number of carbonyl (C=O) groups is 1. The SMILES string of the molecule is CCCC(=O)Nc1cccc(CNC(=NC)NCCCOCC2CCCO2)c1.I. The van der Waals surface area contributed by atoms with Crippen molar-refractivity contribution in [1.82, 2.24) is 10.6 Å². The summed E-state index contributed by atoms with van der Waals surface area (Å²) in [6.45, 7) is 5.69. The van der Waals surface area contributed by atoms with Gasteiger partial charge in [0.1, 0.15) is 0 Å². The van der Waals surface area contributed by atoms with Crippen LogP contribution in [0.4, 0.5) is 5.69 Å². The number of nitrogens with one attached hydrogen (secondary N) is 3. The smallest absolute Gasteiger partial charge is 0.224 e.